The van der Waals surface area contributed by atoms with E-state index in [1.54, 1.807) is 65.5 Å². The van der Waals surface area contributed by atoms with Crippen LogP contribution in [0.4, 0.5) is 11.5 Å². The molecule has 3 fully saturated rings. The Morgan fingerprint density at radius 3 is 2.45 bits per heavy atom. The summed E-state index contributed by atoms with van der Waals surface area (Å²) in [6.07, 6.45) is 4.19. The maximum absolute atomic E-state index is 15.1. The number of benzene rings is 3. The third kappa shape index (κ3) is 4.95. The third-order valence-corrected chi connectivity index (χ3v) is 13.9. The summed E-state index contributed by atoms with van der Waals surface area (Å²) in [4.78, 5) is 61.9. The molecule has 1 N–H and O–H groups in total. The fraction of sp³-hybridized carbons (Fsp3) is 0.279. The Morgan fingerprint density at radius 2 is 1.75 bits per heavy atom. The van der Waals surface area contributed by atoms with Gasteiger partial charge in [-0.05, 0) is 97.1 Å². The normalized spacial score (nSPS) is 26.0. The summed E-state index contributed by atoms with van der Waals surface area (Å²) in [5.41, 5.74) is 3.10. The SMILES string of the molecule is C=Cc1ccc(N2C(=O)[C@H]3[C@H](CC=C4[C@H]3C[C@H]3C(=O)N(c5cc(-c6sc7ccc(Cl)cc7c6C)nn5C)C(=O)[C@@]3(C)[C@H]4c3ccc(OC)c(O)c3)C2=O)cc1. The number of aromatic hydroxyl groups is 1. The third-order valence-electron chi connectivity index (χ3n) is 12.4. The molecule has 10 nitrogen and oxygen atoms in total. The molecule has 1 saturated carbocycles. The molecular formula is C43H37ClN4O6S. The zero-order valence-electron chi connectivity index (χ0n) is 30.6. The standard InChI is InChI=1S/C43H37ClN4O6S/c1-6-22-7-11-25(12-8-22)47-39(50)27-14-13-26-29(36(27)41(47)52)19-30-40(51)48(42(53)43(30,3)37(26)23-9-15-33(54-5)32(49)17-23)35-20-31(45-46(35)4)38-21(2)28-18-24(44)10-16-34(28)55-38/h6-13,15-18,20,27,29-30,36-37,49H,1,14,19H2,2-5H3/t27-,29+,30-,36-,37-,43+/m0/s1. The van der Waals surface area contributed by atoms with Crippen LogP contribution in [0.2, 0.25) is 5.02 Å². The van der Waals surface area contributed by atoms with Gasteiger partial charge in [-0.1, -0.05) is 54.1 Å². The van der Waals surface area contributed by atoms with E-state index in [2.05, 4.69) is 6.58 Å². The van der Waals surface area contributed by atoms with Gasteiger partial charge in [0.05, 0.1) is 40.8 Å². The van der Waals surface area contributed by atoms with Crippen molar-refractivity contribution in [3.8, 4) is 22.1 Å². The first-order valence-corrected chi connectivity index (χ1v) is 19.3. The highest BCUT2D eigenvalue weighted by Crippen LogP contribution is 2.64. The minimum atomic E-state index is -1.30. The van der Waals surface area contributed by atoms with Gasteiger partial charge in [-0.3, -0.25) is 28.8 Å². The van der Waals surface area contributed by atoms with Crippen LogP contribution in [0.25, 0.3) is 26.7 Å². The van der Waals surface area contributed by atoms with E-state index in [1.807, 2.05) is 50.3 Å². The molecule has 6 atom stereocenters. The van der Waals surface area contributed by atoms with E-state index >= 15 is 4.79 Å². The number of methoxy groups -OCH3 is 1. The molecule has 9 rings (SSSR count). The van der Waals surface area contributed by atoms with Crippen LogP contribution in [0.5, 0.6) is 11.5 Å². The first-order chi connectivity index (χ1) is 26.4. The second-order valence-corrected chi connectivity index (χ2v) is 16.6. The van der Waals surface area contributed by atoms with Crippen molar-refractivity contribution in [3.63, 3.8) is 0 Å². The number of nitrogens with zero attached hydrogens (tertiary/aromatic N) is 4. The minimum Gasteiger partial charge on any atom is -0.504 e. The number of carbonyl (C=O) groups excluding carboxylic acids is 4. The van der Waals surface area contributed by atoms with Gasteiger partial charge in [0.1, 0.15) is 11.5 Å². The zero-order chi connectivity index (χ0) is 38.7. The fourth-order valence-electron chi connectivity index (χ4n) is 9.73. The number of aryl methyl sites for hydroxylation is 2. The molecule has 55 heavy (non-hydrogen) atoms. The van der Waals surface area contributed by atoms with E-state index in [9.17, 15) is 19.5 Å². The number of phenolic OH excluding ortho intramolecular Hbond substituents is 1. The molecule has 0 unspecified atom stereocenters. The minimum absolute atomic E-state index is 0.109. The maximum atomic E-state index is 15.1. The number of anilines is 2. The average Bonchev–Trinajstić information content (AvgIpc) is 3.84. The van der Waals surface area contributed by atoms with Gasteiger partial charge >= 0.3 is 0 Å². The molecule has 0 bridgehead atoms. The van der Waals surface area contributed by atoms with Gasteiger partial charge in [0.25, 0.3) is 0 Å². The van der Waals surface area contributed by atoms with Gasteiger partial charge in [-0.15, -0.1) is 11.3 Å². The summed E-state index contributed by atoms with van der Waals surface area (Å²) in [6, 6.07) is 19.7. The van der Waals surface area contributed by atoms with Gasteiger partial charge in [0.2, 0.25) is 23.6 Å². The number of rotatable bonds is 6. The Morgan fingerprint density at radius 1 is 0.982 bits per heavy atom. The molecular weight excluding hydrogens is 736 g/mol. The van der Waals surface area contributed by atoms with Crippen molar-refractivity contribution in [2.45, 2.75) is 32.6 Å². The molecule has 0 radical (unpaired) electrons. The van der Waals surface area contributed by atoms with E-state index < -0.39 is 40.9 Å². The lowest BCUT2D eigenvalue weighted by Gasteiger charge is -2.49. The van der Waals surface area contributed by atoms with Crippen LogP contribution in [0, 0.1) is 36.0 Å². The van der Waals surface area contributed by atoms with E-state index in [0.717, 1.165) is 31.7 Å². The molecule has 4 amide bonds. The highest BCUT2D eigenvalue weighted by atomic mass is 35.5. The van der Waals surface area contributed by atoms with Crippen LogP contribution in [0.1, 0.15) is 42.4 Å². The fourth-order valence-corrected chi connectivity index (χ4v) is 11.0. The number of allylic oxidation sites excluding steroid dienone is 2. The van der Waals surface area contributed by atoms with Gasteiger partial charge < -0.3 is 9.84 Å². The highest BCUT2D eigenvalue weighted by molar-refractivity contribution is 7.22. The van der Waals surface area contributed by atoms with E-state index in [1.165, 1.54) is 16.9 Å². The smallest absolute Gasteiger partial charge is 0.242 e. The number of imide groups is 2. The van der Waals surface area contributed by atoms with Gasteiger partial charge in [0.15, 0.2) is 11.5 Å². The number of phenols is 1. The van der Waals surface area contributed by atoms with Crippen molar-refractivity contribution in [1.82, 2.24) is 9.78 Å². The number of hydrogen-bond acceptors (Lipinski definition) is 8. The zero-order valence-corrected chi connectivity index (χ0v) is 32.1. The molecule has 2 aromatic heterocycles. The predicted molar refractivity (Wildman–Crippen MR) is 212 cm³/mol. The Labute approximate surface area is 326 Å². The molecule has 4 heterocycles. The summed E-state index contributed by atoms with van der Waals surface area (Å²) in [5, 5.41) is 17.5. The van der Waals surface area contributed by atoms with Crippen LogP contribution < -0.4 is 14.5 Å². The monoisotopic (exact) mass is 772 g/mol. The van der Waals surface area contributed by atoms with E-state index in [-0.39, 0.29) is 35.6 Å². The highest BCUT2D eigenvalue weighted by Gasteiger charge is 2.68. The van der Waals surface area contributed by atoms with Crippen LogP contribution in [-0.2, 0) is 26.2 Å². The number of carbonyl (C=O) groups is 4. The van der Waals surface area contributed by atoms with Gasteiger partial charge in [-0.25, -0.2) is 4.90 Å². The summed E-state index contributed by atoms with van der Waals surface area (Å²) < 4.78 is 7.96. The average molecular weight is 773 g/mol. The lowest BCUT2D eigenvalue weighted by molar-refractivity contribution is -0.131. The second kappa shape index (κ2) is 12.5. The lowest BCUT2D eigenvalue weighted by Crippen LogP contribution is -2.48. The molecule has 3 aromatic carbocycles. The van der Waals surface area contributed by atoms with Crippen molar-refractivity contribution in [2.75, 3.05) is 16.9 Å². The van der Waals surface area contributed by atoms with Crippen LogP contribution in [0.3, 0.4) is 0 Å². The van der Waals surface area contributed by atoms with Crippen molar-refractivity contribution < 1.29 is 29.0 Å². The predicted octanol–water partition coefficient (Wildman–Crippen LogP) is 8.06. The molecule has 2 aliphatic heterocycles. The quantitative estimate of drug-likeness (QED) is 0.137. The summed E-state index contributed by atoms with van der Waals surface area (Å²) >= 11 is 7.88. The van der Waals surface area contributed by atoms with Crippen LogP contribution in [0.15, 0.2) is 85.0 Å². The first-order valence-electron chi connectivity index (χ1n) is 18.2. The number of hydrogen-bond donors (Lipinski definition) is 1. The van der Waals surface area contributed by atoms with Crippen LogP contribution in [-0.4, -0.2) is 45.6 Å². The van der Waals surface area contributed by atoms with Crippen molar-refractivity contribution in [3.05, 3.63) is 107 Å². The molecule has 4 aliphatic rings. The van der Waals surface area contributed by atoms with Gasteiger partial charge in [0, 0.05) is 28.8 Å². The van der Waals surface area contributed by atoms with Crippen molar-refractivity contribution in [2.24, 2.45) is 36.1 Å². The number of aromatic nitrogens is 2. The molecule has 12 heteroatoms. The lowest BCUT2D eigenvalue weighted by atomic mass is 9.51. The van der Waals surface area contributed by atoms with Crippen molar-refractivity contribution >= 4 is 74.2 Å². The molecule has 5 aromatic rings. The molecule has 0 spiro atoms. The number of fused-ring (bicyclic) bond motifs is 5. The van der Waals surface area contributed by atoms with Crippen LogP contribution >= 0.6 is 22.9 Å². The van der Waals surface area contributed by atoms with E-state index in [4.69, 9.17) is 21.4 Å². The summed E-state index contributed by atoms with van der Waals surface area (Å²) in [7, 11) is 3.18. The Kier molecular flexibility index (Phi) is 8.00. The number of ether oxygens (including phenoxy) is 1. The largest absolute Gasteiger partial charge is 0.504 e. The maximum Gasteiger partial charge on any atom is 0.242 e. The number of halogens is 1. The summed E-state index contributed by atoms with van der Waals surface area (Å²) in [5.74, 6) is -4.27. The van der Waals surface area contributed by atoms with E-state index in [0.29, 0.717) is 34.2 Å². The first kappa shape index (κ1) is 35.2. The number of thiophene rings is 1. The molecule has 2 saturated heterocycles. The Balaban J connectivity index is 1.15. The molecule has 2 aliphatic carbocycles. The Hall–Kier alpha value is -5.52. The van der Waals surface area contributed by atoms with Crippen molar-refractivity contribution in [1.29, 1.82) is 0 Å². The number of amides is 4. The summed E-state index contributed by atoms with van der Waals surface area (Å²) in [6.45, 7) is 7.62. The molecule has 278 valence electrons. The topological polar surface area (TPSA) is 122 Å². The van der Waals surface area contributed by atoms with Gasteiger partial charge in [-0.2, -0.15) is 5.10 Å². The second-order valence-electron chi connectivity index (χ2n) is 15.1. The Bertz CT molecular complexity index is 2550.